The molecule has 2 nitrogen and oxygen atoms in total. The molecule has 2 heteroatoms. The maximum absolute atomic E-state index is 6.52. The number of hydrogen-bond acceptors (Lipinski definition) is 2. The van der Waals surface area contributed by atoms with Gasteiger partial charge in [0.2, 0.25) is 0 Å². The molecule has 1 fully saturated rings. The van der Waals surface area contributed by atoms with Gasteiger partial charge in [0.1, 0.15) is 0 Å². The highest BCUT2D eigenvalue weighted by Crippen LogP contribution is 2.38. The lowest BCUT2D eigenvalue weighted by Crippen LogP contribution is -2.48. The van der Waals surface area contributed by atoms with Crippen LogP contribution in [0.1, 0.15) is 49.1 Å². The highest BCUT2D eigenvalue weighted by atomic mass is 16.5. The molecule has 1 aliphatic carbocycles. The third-order valence-electron chi connectivity index (χ3n) is 4.50. The Hall–Kier alpha value is -0.860. The number of aryl methyl sites for hydroxylation is 1. The normalized spacial score (nSPS) is 31.9. The molecule has 98 valence electrons. The third kappa shape index (κ3) is 2.45. The molecule has 0 saturated carbocycles. The van der Waals surface area contributed by atoms with Gasteiger partial charge in [-0.3, -0.25) is 0 Å². The second-order valence-corrected chi connectivity index (χ2v) is 6.01. The lowest BCUT2D eigenvalue weighted by atomic mass is 9.74. The van der Waals surface area contributed by atoms with Crippen LogP contribution < -0.4 is 5.73 Å². The van der Waals surface area contributed by atoms with Gasteiger partial charge in [0, 0.05) is 12.1 Å². The summed E-state index contributed by atoms with van der Waals surface area (Å²) in [6.45, 7) is 1.63. The van der Waals surface area contributed by atoms with E-state index >= 15 is 0 Å². The minimum atomic E-state index is -0.0899. The molecule has 0 bridgehead atoms. The number of benzene rings is 1. The molecule has 0 aromatic heterocycles. The lowest BCUT2D eigenvalue weighted by Gasteiger charge is -2.38. The van der Waals surface area contributed by atoms with Crippen molar-refractivity contribution in [2.45, 2.75) is 50.0 Å². The fourth-order valence-electron chi connectivity index (χ4n) is 3.59. The summed E-state index contributed by atoms with van der Waals surface area (Å²) in [6.07, 6.45) is 7.15. The average Bonchev–Trinajstić information content (AvgIpc) is 2.40. The summed E-state index contributed by atoms with van der Waals surface area (Å²) in [5.74, 6) is 0.640. The van der Waals surface area contributed by atoms with E-state index < -0.39 is 0 Å². The van der Waals surface area contributed by atoms with E-state index in [0.29, 0.717) is 5.92 Å². The molecule has 0 radical (unpaired) electrons. The summed E-state index contributed by atoms with van der Waals surface area (Å²) in [6, 6.07) is 8.90. The van der Waals surface area contributed by atoms with Crippen LogP contribution in [0.5, 0.6) is 0 Å². The van der Waals surface area contributed by atoms with E-state index in [1.54, 1.807) is 5.56 Å². The van der Waals surface area contributed by atoms with Gasteiger partial charge in [-0.25, -0.2) is 0 Å². The van der Waals surface area contributed by atoms with Crippen LogP contribution in [0.4, 0.5) is 0 Å². The molecule has 0 spiro atoms. The Morgan fingerprint density at radius 1 is 1.28 bits per heavy atom. The minimum Gasteiger partial charge on any atom is -0.380 e. The number of fused-ring (bicyclic) bond motifs is 1. The third-order valence-corrected chi connectivity index (χ3v) is 4.50. The SMILES string of the molecule is NC1(CC2CCCc3ccccc32)CCCOC1. The van der Waals surface area contributed by atoms with Crippen LogP contribution in [-0.2, 0) is 11.2 Å². The van der Waals surface area contributed by atoms with Crippen molar-refractivity contribution >= 4 is 0 Å². The fourth-order valence-corrected chi connectivity index (χ4v) is 3.59. The Morgan fingerprint density at radius 2 is 2.17 bits per heavy atom. The molecule has 1 heterocycles. The van der Waals surface area contributed by atoms with Crippen LogP contribution in [0.25, 0.3) is 0 Å². The molecule has 2 unspecified atom stereocenters. The number of hydrogen-bond donors (Lipinski definition) is 1. The molecule has 1 aliphatic heterocycles. The van der Waals surface area contributed by atoms with Crippen molar-refractivity contribution in [1.29, 1.82) is 0 Å². The van der Waals surface area contributed by atoms with E-state index in [-0.39, 0.29) is 5.54 Å². The van der Waals surface area contributed by atoms with Crippen molar-refractivity contribution in [2.24, 2.45) is 5.73 Å². The molecule has 2 N–H and O–H groups in total. The van der Waals surface area contributed by atoms with Crippen LogP contribution in [0.2, 0.25) is 0 Å². The fraction of sp³-hybridized carbons (Fsp3) is 0.625. The zero-order valence-electron chi connectivity index (χ0n) is 11.0. The van der Waals surface area contributed by atoms with Crippen LogP contribution in [-0.4, -0.2) is 18.8 Å². The summed E-state index contributed by atoms with van der Waals surface area (Å²) in [7, 11) is 0. The first-order chi connectivity index (χ1) is 8.77. The van der Waals surface area contributed by atoms with E-state index in [2.05, 4.69) is 24.3 Å². The molecule has 0 amide bonds. The van der Waals surface area contributed by atoms with Gasteiger partial charge in [0.05, 0.1) is 6.61 Å². The Balaban J connectivity index is 1.77. The second-order valence-electron chi connectivity index (χ2n) is 6.01. The Bertz CT molecular complexity index is 409. The topological polar surface area (TPSA) is 35.2 Å². The maximum atomic E-state index is 6.52. The van der Waals surface area contributed by atoms with Crippen molar-refractivity contribution in [3.05, 3.63) is 35.4 Å². The first-order valence-electron chi connectivity index (χ1n) is 7.21. The molecule has 3 rings (SSSR count). The first-order valence-corrected chi connectivity index (χ1v) is 7.21. The van der Waals surface area contributed by atoms with Gasteiger partial charge >= 0.3 is 0 Å². The largest absolute Gasteiger partial charge is 0.380 e. The highest BCUT2D eigenvalue weighted by Gasteiger charge is 2.33. The molecular weight excluding hydrogens is 222 g/mol. The van der Waals surface area contributed by atoms with Crippen LogP contribution in [0.3, 0.4) is 0 Å². The Labute approximate surface area is 110 Å². The molecule has 1 aromatic rings. The zero-order valence-corrected chi connectivity index (χ0v) is 11.0. The van der Waals surface area contributed by atoms with Gasteiger partial charge in [-0.15, -0.1) is 0 Å². The second kappa shape index (κ2) is 5.02. The van der Waals surface area contributed by atoms with E-state index in [4.69, 9.17) is 10.5 Å². The molecule has 2 atom stereocenters. The maximum Gasteiger partial charge on any atom is 0.0646 e. The van der Waals surface area contributed by atoms with Gasteiger partial charge in [0.15, 0.2) is 0 Å². The lowest BCUT2D eigenvalue weighted by molar-refractivity contribution is 0.0307. The zero-order chi connectivity index (χ0) is 12.4. The Morgan fingerprint density at radius 3 is 3.00 bits per heavy atom. The predicted octanol–water partition coefficient (Wildman–Crippen LogP) is 3.00. The standard InChI is InChI=1S/C16H23NO/c17-16(9-4-10-18-12-16)11-14-7-3-6-13-5-1-2-8-15(13)14/h1-2,5,8,14H,3-4,6-7,9-12,17H2. The highest BCUT2D eigenvalue weighted by molar-refractivity contribution is 5.33. The summed E-state index contributed by atoms with van der Waals surface area (Å²) in [4.78, 5) is 0. The number of nitrogens with two attached hydrogens (primary N) is 1. The van der Waals surface area contributed by atoms with E-state index in [9.17, 15) is 0 Å². The van der Waals surface area contributed by atoms with Crippen molar-refractivity contribution in [2.75, 3.05) is 13.2 Å². The van der Waals surface area contributed by atoms with Gasteiger partial charge in [-0.2, -0.15) is 0 Å². The summed E-state index contributed by atoms with van der Waals surface area (Å²) in [5.41, 5.74) is 9.51. The first kappa shape index (κ1) is 12.2. The van der Waals surface area contributed by atoms with E-state index in [1.807, 2.05) is 0 Å². The molecular formula is C16H23NO. The molecule has 1 aromatic carbocycles. The number of rotatable bonds is 2. The van der Waals surface area contributed by atoms with E-state index in [1.165, 1.54) is 24.8 Å². The summed E-state index contributed by atoms with van der Waals surface area (Å²) < 4.78 is 5.59. The van der Waals surface area contributed by atoms with Crippen molar-refractivity contribution < 1.29 is 4.74 Å². The molecule has 2 aliphatic rings. The smallest absolute Gasteiger partial charge is 0.0646 e. The van der Waals surface area contributed by atoms with Gasteiger partial charge < -0.3 is 10.5 Å². The predicted molar refractivity (Wildman–Crippen MR) is 73.7 cm³/mol. The van der Waals surface area contributed by atoms with E-state index in [0.717, 1.165) is 32.5 Å². The van der Waals surface area contributed by atoms with Crippen molar-refractivity contribution in [3.63, 3.8) is 0 Å². The average molecular weight is 245 g/mol. The van der Waals surface area contributed by atoms with Gasteiger partial charge in [-0.05, 0) is 55.6 Å². The minimum absolute atomic E-state index is 0.0899. The van der Waals surface area contributed by atoms with Crippen molar-refractivity contribution in [3.8, 4) is 0 Å². The summed E-state index contributed by atoms with van der Waals surface area (Å²) in [5, 5.41) is 0. The van der Waals surface area contributed by atoms with Gasteiger partial charge in [0.25, 0.3) is 0 Å². The summed E-state index contributed by atoms with van der Waals surface area (Å²) >= 11 is 0. The molecule has 1 saturated heterocycles. The van der Waals surface area contributed by atoms with Crippen LogP contribution >= 0.6 is 0 Å². The Kier molecular flexibility index (Phi) is 3.40. The van der Waals surface area contributed by atoms with Crippen molar-refractivity contribution in [1.82, 2.24) is 0 Å². The number of ether oxygens (including phenoxy) is 1. The van der Waals surface area contributed by atoms with Crippen LogP contribution in [0, 0.1) is 0 Å². The quantitative estimate of drug-likeness (QED) is 0.869. The molecule has 18 heavy (non-hydrogen) atoms. The van der Waals surface area contributed by atoms with Gasteiger partial charge in [-0.1, -0.05) is 24.3 Å². The van der Waals surface area contributed by atoms with Crippen LogP contribution in [0.15, 0.2) is 24.3 Å². The monoisotopic (exact) mass is 245 g/mol.